The topological polar surface area (TPSA) is 42.2 Å². The zero-order valence-electron chi connectivity index (χ0n) is 8.90. The minimum absolute atomic E-state index is 0.373. The molecule has 1 unspecified atom stereocenters. The molecule has 0 spiro atoms. The molecular formula is C11H17NO2. The van der Waals surface area contributed by atoms with Crippen molar-refractivity contribution < 1.29 is 9.90 Å². The molecule has 3 heteroatoms. The van der Waals surface area contributed by atoms with Crippen molar-refractivity contribution >= 4 is 5.97 Å². The van der Waals surface area contributed by atoms with Gasteiger partial charge in [-0.05, 0) is 24.0 Å². The average Bonchev–Trinajstić information content (AvgIpc) is 2.52. The third-order valence-corrected chi connectivity index (χ3v) is 2.67. The van der Waals surface area contributed by atoms with E-state index in [1.54, 1.807) is 16.7 Å². The van der Waals surface area contributed by atoms with Gasteiger partial charge in [0.05, 0.1) is 0 Å². The molecule has 0 aliphatic rings. The van der Waals surface area contributed by atoms with E-state index in [0.717, 1.165) is 6.54 Å². The van der Waals surface area contributed by atoms with Gasteiger partial charge in [-0.3, -0.25) is 0 Å². The molecule has 1 rings (SSSR count). The Kier molecular flexibility index (Phi) is 3.33. The summed E-state index contributed by atoms with van der Waals surface area (Å²) in [5.74, 6) is 0.200. The predicted molar refractivity (Wildman–Crippen MR) is 55.4 cm³/mol. The summed E-state index contributed by atoms with van der Waals surface area (Å²) < 4.78 is 1.80. The van der Waals surface area contributed by atoms with Gasteiger partial charge in [0, 0.05) is 12.7 Å². The zero-order chi connectivity index (χ0) is 10.7. The fourth-order valence-electron chi connectivity index (χ4n) is 1.29. The summed E-state index contributed by atoms with van der Waals surface area (Å²) in [6.45, 7) is 7.20. The molecule has 3 nitrogen and oxygen atoms in total. The van der Waals surface area contributed by atoms with Gasteiger partial charge in [0.15, 0.2) is 0 Å². The molecule has 0 saturated carbocycles. The van der Waals surface area contributed by atoms with Crippen LogP contribution in [0.1, 0.15) is 31.3 Å². The first-order valence-corrected chi connectivity index (χ1v) is 4.90. The maximum absolute atomic E-state index is 10.8. The highest BCUT2D eigenvalue weighted by Gasteiger charge is 2.12. The van der Waals surface area contributed by atoms with Gasteiger partial charge >= 0.3 is 5.97 Å². The Morgan fingerprint density at radius 3 is 2.64 bits per heavy atom. The van der Waals surface area contributed by atoms with E-state index in [-0.39, 0.29) is 0 Å². The van der Waals surface area contributed by atoms with E-state index in [4.69, 9.17) is 5.11 Å². The molecule has 1 atom stereocenters. The zero-order valence-corrected chi connectivity index (χ0v) is 8.90. The van der Waals surface area contributed by atoms with Crippen molar-refractivity contribution in [2.45, 2.75) is 27.3 Å². The van der Waals surface area contributed by atoms with Gasteiger partial charge in [0.1, 0.15) is 5.69 Å². The number of carboxylic acid groups (broad SMARTS) is 1. The fourth-order valence-corrected chi connectivity index (χ4v) is 1.29. The summed E-state index contributed by atoms with van der Waals surface area (Å²) in [5.41, 5.74) is 0.373. The minimum Gasteiger partial charge on any atom is -0.477 e. The van der Waals surface area contributed by atoms with E-state index in [0.29, 0.717) is 17.5 Å². The number of carboxylic acids is 1. The summed E-state index contributed by atoms with van der Waals surface area (Å²) in [5, 5.41) is 8.89. The first kappa shape index (κ1) is 10.8. The SMILES string of the molecule is CC(C)C(C)Cn1cccc1C(=O)O. The van der Waals surface area contributed by atoms with Gasteiger partial charge < -0.3 is 9.67 Å². The summed E-state index contributed by atoms with van der Waals surface area (Å²) >= 11 is 0. The second kappa shape index (κ2) is 4.31. The largest absolute Gasteiger partial charge is 0.477 e. The molecule has 0 bridgehead atoms. The monoisotopic (exact) mass is 195 g/mol. The van der Waals surface area contributed by atoms with Crippen LogP contribution in [-0.2, 0) is 6.54 Å². The van der Waals surface area contributed by atoms with E-state index in [1.165, 1.54) is 0 Å². The molecular weight excluding hydrogens is 178 g/mol. The highest BCUT2D eigenvalue weighted by atomic mass is 16.4. The Balaban J connectivity index is 2.76. The van der Waals surface area contributed by atoms with Crippen LogP contribution >= 0.6 is 0 Å². The van der Waals surface area contributed by atoms with Crippen LogP contribution in [0.4, 0.5) is 0 Å². The lowest BCUT2D eigenvalue weighted by atomic mass is 9.98. The number of hydrogen-bond acceptors (Lipinski definition) is 1. The standard InChI is InChI=1S/C11H17NO2/c1-8(2)9(3)7-12-6-4-5-10(12)11(13)14/h4-6,8-9H,7H2,1-3H3,(H,13,14). The molecule has 1 N–H and O–H groups in total. The molecule has 14 heavy (non-hydrogen) atoms. The fraction of sp³-hybridized carbons (Fsp3) is 0.545. The Bertz CT molecular complexity index is 315. The van der Waals surface area contributed by atoms with Crippen LogP contribution in [0.5, 0.6) is 0 Å². The molecule has 0 fully saturated rings. The Morgan fingerprint density at radius 1 is 1.50 bits per heavy atom. The van der Waals surface area contributed by atoms with Crippen molar-refractivity contribution in [3.8, 4) is 0 Å². The molecule has 78 valence electrons. The van der Waals surface area contributed by atoms with Crippen molar-refractivity contribution in [2.24, 2.45) is 11.8 Å². The summed E-state index contributed by atoms with van der Waals surface area (Å²) in [6.07, 6.45) is 1.82. The van der Waals surface area contributed by atoms with Crippen LogP contribution in [0.15, 0.2) is 18.3 Å². The third kappa shape index (κ3) is 2.37. The third-order valence-electron chi connectivity index (χ3n) is 2.67. The number of rotatable bonds is 4. The van der Waals surface area contributed by atoms with Crippen molar-refractivity contribution in [3.05, 3.63) is 24.0 Å². The molecule has 0 aromatic carbocycles. The van der Waals surface area contributed by atoms with E-state index in [9.17, 15) is 4.79 Å². The van der Waals surface area contributed by atoms with Gasteiger partial charge in [-0.25, -0.2) is 4.79 Å². The molecule has 1 aromatic rings. The molecule has 0 amide bonds. The van der Waals surface area contributed by atoms with Crippen LogP contribution < -0.4 is 0 Å². The molecule has 0 saturated heterocycles. The van der Waals surface area contributed by atoms with E-state index in [1.807, 2.05) is 6.20 Å². The van der Waals surface area contributed by atoms with Gasteiger partial charge in [-0.1, -0.05) is 20.8 Å². The Hall–Kier alpha value is -1.25. The average molecular weight is 195 g/mol. The Morgan fingerprint density at radius 2 is 2.14 bits per heavy atom. The van der Waals surface area contributed by atoms with E-state index < -0.39 is 5.97 Å². The maximum Gasteiger partial charge on any atom is 0.352 e. The number of aromatic carboxylic acids is 1. The lowest BCUT2D eigenvalue weighted by Gasteiger charge is -2.17. The molecule has 1 aromatic heterocycles. The van der Waals surface area contributed by atoms with E-state index >= 15 is 0 Å². The maximum atomic E-state index is 10.8. The van der Waals surface area contributed by atoms with Gasteiger partial charge in [0.2, 0.25) is 0 Å². The lowest BCUT2D eigenvalue weighted by molar-refractivity contribution is 0.0683. The van der Waals surface area contributed by atoms with Crippen LogP contribution in [0, 0.1) is 11.8 Å². The van der Waals surface area contributed by atoms with Gasteiger partial charge in [-0.2, -0.15) is 0 Å². The first-order valence-electron chi connectivity index (χ1n) is 4.90. The van der Waals surface area contributed by atoms with E-state index in [2.05, 4.69) is 20.8 Å². The number of carbonyl (C=O) groups is 1. The minimum atomic E-state index is -0.856. The highest BCUT2D eigenvalue weighted by Crippen LogP contribution is 2.14. The molecule has 1 heterocycles. The molecule has 0 aliphatic heterocycles. The van der Waals surface area contributed by atoms with Gasteiger partial charge in [-0.15, -0.1) is 0 Å². The van der Waals surface area contributed by atoms with Gasteiger partial charge in [0.25, 0.3) is 0 Å². The van der Waals surface area contributed by atoms with Crippen molar-refractivity contribution in [2.75, 3.05) is 0 Å². The number of nitrogens with zero attached hydrogens (tertiary/aromatic N) is 1. The smallest absolute Gasteiger partial charge is 0.352 e. The lowest BCUT2D eigenvalue weighted by Crippen LogP contribution is -2.16. The van der Waals surface area contributed by atoms with Crippen LogP contribution in [0.2, 0.25) is 0 Å². The van der Waals surface area contributed by atoms with Crippen LogP contribution in [0.25, 0.3) is 0 Å². The van der Waals surface area contributed by atoms with Crippen LogP contribution in [-0.4, -0.2) is 15.6 Å². The summed E-state index contributed by atoms with van der Waals surface area (Å²) in [6, 6.07) is 3.41. The Labute approximate surface area is 84.4 Å². The quantitative estimate of drug-likeness (QED) is 0.802. The van der Waals surface area contributed by atoms with Crippen molar-refractivity contribution in [1.82, 2.24) is 4.57 Å². The summed E-state index contributed by atoms with van der Waals surface area (Å²) in [7, 11) is 0. The number of hydrogen-bond donors (Lipinski definition) is 1. The number of aromatic nitrogens is 1. The predicted octanol–water partition coefficient (Wildman–Crippen LogP) is 2.48. The molecule has 0 radical (unpaired) electrons. The second-order valence-corrected chi connectivity index (χ2v) is 4.07. The van der Waals surface area contributed by atoms with Crippen molar-refractivity contribution in [1.29, 1.82) is 0 Å². The van der Waals surface area contributed by atoms with Crippen molar-refractivity contribution in [3.63, 3.8) is 0 Å². The highest BCUT2D eigenvalue weighted by molar-refractivity contribution is 5.85. The normalized spacial score (nSPS) is 13.1. The molecule has 0 aliphatic carbocycles. The first-order chi connectivity index (χ1) is 6.52. The summed E-state index contributed by atoms with van der Waals surface area (Å²) in [4.78, 5) is 10.8. The second-order valence-electron chi connectivity index (χ2n) is 4.07. The van der Waals surface area contributed by atoms with Crippen LogP contribution in [0.3, 0.4) is 0 Å².